The van der Waals surface area contributed by atoms with Gasteiger partial charge in [-0.15, -0.1) is 5.75 Å². The van der Waals surface area contributed by atoms with Gasteiger partial charge >= 0.3 is 0 Å². The largest absolute Gasteiger partial charge is 0.872 e. The fourth-order valence-corrected chi connectivity index (χ4v) is 0.615. The standard InChI is InChI=1S/C7H8O.C4H12N.C3H8O/c1-6-3-2-4-7(8)5-6;1-5(2,3)4;1-3(2)4/h2-5,8H,1H3;1-4H3;3-4H,1-2H3/q;+1;/p-1. The van der Waals surface area contributed by atoms with E-state index in [1.807, 2.05) is 13.0 Å². The van der Waals surface area contributed by atoms with Crippen molar-refractivity contribution >= 4 is 0 Å². The molecule has 0 atom stereocenters. The third-order valence-electron chi connectivity index (χ3n) is 0.990. The van der Waals surface area contributed by atoms with Gasteiger partial charge in [-0.2, -0.15) is 0 Å². The van der Waals surface area contributed by atoms with Gasteiger partial charge in [0.25, 0.3) is 0 Å². The van der Waals surface area contributed by atoms with Crippen molar-refractivity contribution in [2.45, 2.75) is 26.9 Å². The number of hydrogen-bond acceptors (Lipinski definition) is 2. The lowest BCUT2D eigenvalue weighted by atomic mass is 10.2. The maximum absolute atomic E-state index is 10.5. The van der Waals surface area contributed by atoms with E-state index in [-0.39, 0.29) is 11.9 Å². The highest BCUT2D eigenvalue weighted by molar-refractivity contribution is 5.24. The van der Waals surface area contributed by atoms with Crippen LogP contribution in [0.4, 0.5) is 0 Å². The van der Waals surface area contributed by atoms with Gasteiger partial charge in [0, 0.05) is 6.10 Å². The summed E-state index contributed by atoms with van der Waals surface area (Å²) < 4.78 is 1.00. The molecule has 0 bridgehead atoms. The average Bonchev–Trinajstić information content (AvgIpc) is 1.97. The Labute approximate surface area is 106 Å². The molecular weight excluding hydrogens is 214 g/mol. The molecule has 1 rings (SSSR count). The van der Waals surface area contributed by atoms with E-state index in [1.165, 1.54) is 0 Å². The van der Waals surface area contributed by atoms with Gasteiger partial charge in [-0.05, 0) is 20.8 Å². The molecule has 0 saturated heterocycles. The van der Waals surface area contributed by atoms with Gasteiger partial charge in [-0.25, -0.2) is 0 Å². The number of rotatable bonds is 0. The van der Waals surface area contributed by atoms with Crippen molar-refractivity contribution in [2.75, 3.05) is 28.2 Å². The SMILES string of the molecule is CC(C)O.C[N+](C)(C)C.Cc1cccc([O-])c1. The molecule has 0 heterocycles. The summed E-state index contributed by atoms with van der Waals surface area (Å²) in [7, 11) is 8.50. The Morgan fingerprint density at radius 1 is 1.12 bits per heavy atom. The second-order valence-electron chi connectivity index (χ2n) is 5.59. The summed E-state index contributed by atoms with van der Waals surface area (Å²) in [6.07, 6.45) is -0.167. The summed E-state index contributed by atoms with van der Waals surface area (Å²) in [6.45, 7) is 5.35. The molecular formula is C14H27NO2. The monoisotopic (exact) mass is 241 g/mol. The molecule has 3 heteroatoms. The molecule has 100 valence electrons. The van der Waals surface area contributed by atoms with Crippen LogP contribution in [0.25, 0.3) is 0 Å². The van der Waals surface area contributed by atoms with Crippen molar-refractivity contribution in [2.24, 2.45) is 0 Å². The molecule has 0 aromatic heterocycles. The Morgan fingerprint density at radius 2 is 1.47 bits per heavy atom. The van der Waals surface area contributed by atoms with Crippen LogP contribution in [0.5, 0.6) is 5.75 Å². The van der Waals surface area contributed by atoms with Gasteiger partial charge in [-0.1, -0.05) is 29.8 Å². The zero-order chi connectivity index (χ0) is 14.1. The smallest absolute Gasteiger partial charge is 0.0675 e. The van der Waals surface area contributed by atoms with Crippen LogP contribution in [0.15, 0.2) is 24.3 Å². The summed E-state index contributed by atoms with van der Waals surface area (Å²) in [5, 5.41) is 18.5. The molecule has 1 N–H and O–H groups in total. The van der Waals surface area contributed by atoms with Crippen molar-refractivity contribution in [3.63, 3.8) is 0 Å². The number of quaternary nitrogens is 1. The van der Waals surface area contributed by atoms with Crippen LogP contribution in [0.2, 0.25) is 0 Å². The molecule has 0 radical (unpaired) electrons. The van der Waals surface area contributed by atoms with Crippen LogP contribution in [-0.2, 0) is 0 Å². The number of aliphatic hydroxyl groups excluding tert-OH is 1. The Bertz CT molecular complexity index is 265. The Balaban J connectivity index is 0. The molecule has 0 saturated carbocycles. The van der Waals surface area contributed by atoms with E-state index in [0.717, 1.165) is 10.0 Å². The number of benzene rings is 1. The summed E-state index contributed by atoms with van der Waals surface area (Å²) in [5.74, 6) is 0.0880. The van der Waals surface area contributed by atoms with Gasteiger partial charge in [0.05, 0.1) is 28.2 Å². The van der Waals surface area contributed by atoms with E-state index in [9.17, 15) is 5.11 Å². The van der Waals surface area contributed by atoms with E-state index < -0.39 is 0 Å². The summed E-state index contributed by atoms with van der Waals surface area (Å²) in [6, 6.07) is 6.83. The molecule has 0 aliphatic heterocycles. The summed E-state index contributed by atoms with van der Waals surface area (Å²) in [5.41, 5.74) is 1.03. The molecule has 0 unspecified atom stereocenters. The third kappa shape index (κ3) is 31.3. The van der Waals surface area contributed by atoms with Gasteiger partial charge in [0.2, 0.25) is 0 Å². The molecule has 3 nitrogen and oxygen atoms in total. The van der Waals surface area contributed by atoms with Crippen LogP contribution in [0, 0.1) is 6.92 Å². The zero-order valence-electron chi connectivity index (χ0n) is 12.2. The number of aliphatic hydroxyl groups is 1. The lowest BCUT2D eigenvalue weighted by molar-refractivity contribution is -0.849. The molecule has 0 fully saturated rings. The van der Waals surface area contributed by atoms with Crippen molar-refractivity contribution in [1.29, 1.82) is 0 Å². The highest BCUT2D eigenvalue weighted by Crippen LogP contribution is 2.04. The van der Waals surface area contributed by atoms with Crippen LogP contribution < -0.4 is 5.11 Å². The Morgan fingerprint density at radius 3 is 1.65 bits per heavy atom. The fraction of sp³-hybridized carbons (Fsp3) is 0.571. The van der Waals surface area contributed by atoms with E-state index in [0.29, 0.717) is 0 Å². The quantitative estimate of drug-likeness (QED) is 0.704. The first kappa shape index (κ1) is 18.3. The van der Waals surface area contributed by atoms with Gasteiger partial charge in [-0.3, -0.25) is 0 Å². The zero-order valence-corrected chi connectivity index (χ0v) is 12.2. The van der Waals surface area contributed by atoms with E-state index in [2.05, 4.69) is 28.2 Å². The van der Waals surface area contributed by atoms with Gasteiger partial charge in [0.15, 0.2) is 0 Å². The second kappa shape index (κ2) is 9.02. The fourth-order valence-electron chi connectivity index (χ4n) is 0.615. The maximum atomic E-state index is 10.5. The first-order chi connectivity index (χ1) is 7.52. The summed E-state index contributed by atoms with van der Waals surface area (Å²) >= 11 is 0. The number of aryl methyl sites for hydroxylation is 1. The molecule has 17 heavy (non-hydrogen) atoms. The molecule has 0 aliphatic rings. The highest BCUT2D eigenvalue weighted by atomic mass is 16.3. The average molecular weight is 241 g/mol. The van der Waals surface area contributed by atoms with Gasteiger partial charge < -0.3 is 14.7 Å². The Kier molecular flexibility index (Phi) is 9.72. The van der Waals surface area contributed by atoms with E-state index in [1.54, 1.807) is 32.0 Å². The number of hydrogen-bond donors (Lipinski definition) is 1. The predicted octanol–water partition coefficient (Wildman–Crippen LogP) is 1.78. The minimum atomic E-state index is -0.167. The minimum absolute atomic E-state index is 0.0880. The van der Waals surface area contributed by atoms with E-state index in [4.69, 9.17) is 5.11 Å². The lowest BCUT2D eigenvalue weighted by Gasteiger charge is -2.14. The molecule has 1 aromatic rings. The Hall–Kier alpha value is -1.06. The van der Waals surface area contributed by atoms with Crippen LogP contribution in [-0.4, -0.2) is 43.9 Å². The van der Waals surface area contributed by atoms with Crippen LogP contribution in [0.1, 0.15) is 19.4 Å². The lowest BCUT2D eigenvalue weighted by Crippen LogP contribution is -2.27. The number of nitrogens with zero attached hydrogens (tertiary/aromatic N) is 1. The maximum Gasteiger partial charge on any atom is 0.0675 e. The molecule has 0 spiro atoms. The molecule has 1 aromatic carbocycles. The third-order valence-corrected chi connectivity index (χ3v) is 0.990. The van der Waals surface area contributed by atoms with Crippen molar-refractivity contribution < 1.29 is 14.7 Å². The highest BCUT2D eigenvalue weighted by Gasteiger charge is 1.88. The summed E-state index contributed by atoms with van der Waals surface area (Å²) in [4.78, 5) is 0. The van der Waals surface area contributed by atoms with Crippen LogP contribution in [0.3, 0.4) is 0 Å². The topological polar surface area (TPSA) is 43.3 Å². The first-order valence-electron chi connectivity index (χ1n) is 5.73. The van der Waals surface area contributed by atoms with Crippen LogP contribution >= 0.6 is 0 Å². The van der Waals surface area contributed by atoms with Crippen molar-refractivity contribution in [3.8, 4) is 5.75 Å². The van der Waals surface area contributed by atoms with Crippen molar-refractivity contribution in [3.05, 3.63) is 29.8 Å². The molecule has 0 aliphatic carbocycles. The normalized spacial score (nSPS) is 9.94. The van der Waals surface area contributed by atoms with Gasteiger partial charge in [0.1, 0.15) is 0 Å². The molecule has 0 amide bonds. The van der Waals surface area contributed by atoms with Crippen molar-refractivity contribution in [1.82, 2.24) is 0 Å². The minimum Gasteiger partial charge on any atom is -0.872 e. The first-order valence-corrected chi connectivity index (χ1v) is 5.73. The second-order valence-corrected chi connectivity index (χ2v) is 5.59. The predicted molar refractivity (Wildman–Crippen MR) is 71.9 cm³/mol. The van der Waals surface area contributed by atoms with E-state index >= 15 is 0 Å².